The molecule has 0 aromatic heterocycles. The largest absolute Gasteiger partial charge is 0.487 e. The predicted octanol–water partition coefficient (Wildman–Crippen LogP) is 4.93. The number of fused-ring (bicyclic) bond motifs is 1. The minimum atomic E-state index is -0.175. The van der Waals surface area contributed by atoms with Gasteiger partial charge in [-0.2, -0.15) is 0 Å². The lowest BCUT2D eigenvalue weighted by atomic mass is 9.80. The molecule has 0 aliphatic carbocycles. The number of likely N-dealkylation sites (tertiary alicyclic amines) is 1. The number of ether oxygens (including phenoxy) is 1. The zero-order valence-corrected chi connectivity index (χ0v) is 18.3. The van der Waals surface area contributed by atoms with Crippen LogP contribution >= 0.6 is 23.4 Å². The van der Waals surface area contributed by atoms with Crippen LogP contribution in [0.25, 0.3) is 0 Å². The maximum atomic E-state index is 12.7. The Hall–Kier alpha value is -1.69. The first-order valence-electron chi connectivity index (χ1n) is 10.2. The summed E-state index contributed by atoms with van der Waals surface area (Å²) in [7, 11) is 2.15. The number of carbonyl (C=O) groups is 1. The summed E-state index contributed by atoms with van der Waals surface area (Å²) in [6.07, 6.45) is 3.28. The van der Waals surface area contributed by atoms with Gasteiger partial charge in [0.25, 0.3) is 0 Å². The summed E-state index contributed by atoms with van der Waals surface area (Å²) >= 11 is 7.83. The summed E-state index contributed by atoms with van der Waals surface area (Å²) in [5.74, 6) is 1.70. The van der Waals surface area contributed by atoms with Gasteiger partial charge in [0.15, 0.2) is 0 Å². The lowest BCUT2D eigenvalue weighted by Gasteiger charge is -2.46. The number of amides is 1. The Morgan fingerprint density at radius 2 is 1.93 bits per heavy atom. The van der Waals surface area contributed by atoms with Gasteiger partial charge in [-0.15, -0.1) is 11.8 Å². The Balaban J connectivity index is 1.40. The standard InChI is InChI=1S/C23H27ClN2O2S/c1-26-13-11-23(12-14-26)16-19(17-6-2-4-8-20(17)28-23)25-22(27)10-15-29-21-9-5-3-7-18(21)24/h2-9,19H,10-16H2,1H3,(H,25,27). The average molecular weight is 431 g/mol. The molecule has 2 aromatic carbocycles. The van der Waals surface area contributed by atoms with Crippen LogP contribution in [0.1, 0.15) is 37.3 Å². The fourth-order valence-electron chi connectivity index (χ4n) is 4.16. The van der Waals surface area contributed by atoms with Gasteiger partial charge in [-0.05, 0) is 38.1 Å². The third-order valence-electron chi connectivity index (χ3n) is 5.85. The van der Waals surface area contributed by atoms with Crippen molar-refractivity contribution < 1.29 is 9.53 Å². The summed E-state index contributed by atoms with van der Waals surface area (Å²) in [4.78, 5) is 16.1. The van der Waals surface area contributed by atoms with Crippen molar-refractivity contribution in [2.45, 2.75) is 42.2 Å². The fraction of sp³-hybridized carbons (Fsp3) is 0.435. The van der Waals surface area contributed by atoms with Crippen molar-refractivity contribution in [1.29, 1.82) is 0 Å². The molecule has 0 bridgehead atoms. The molecule has 154 valence electrons. The normalized spacial score (nSPS) is 20.7. The molecular weight excluding hydrogens is 404 g/mol. The fourth-order valence-corrected chi connectivity index (χ4v) is 5.35. The second kappa shape index (κ2) is 8.99. The first kappa shape index (κ1) is 20.6. The van der Waals surface area contributed by atoms with Crippen molar-refractivity contribution in [3.05, 3.63) is 59.1 Å². The lowest BCUT2D eigenvalue weighted by molar-refractivity contribution is -0.122. The molecule has 0 saturated carbocycles. The van der Waals surface area contributed by atoms with E-state index in [0.717, 1.165) is 53.6 Å². The highest BCUT2D eigenvalue weighted by atomic mass is 35.5. The van der Waals surface area contributed by atoms with E-state index in [9.17, 15) is 4.79 Å². The monoisotopic (exact) mass is 430 g/mol. The number of para-hydroxylation sites is 1. The van der Waals surface area contributed by atoms with Crippen molar-refractivity contribution in [3.63, 3.8) is 0 Å². The van der Waals surface area contributed by atoms with Crippen LogP contribution in [0.3, 0.4) is 0 Å². The molecule has 1 atom stereocenters. The topological polar surface area (TPSA) is 41.6 Å². The summed E-state index contributed by atoms with van der Waals surface area (Å²) < 4.78 is 6.48. The van der Waals surface area contributed by atoms with Crippen LogP contribution in [0.2, 0.25) is 5.02 Å². The molecule has 2 aromatic rings. The van der Waals surface area contributed by atoms with Crippen LogP contribution in [-0.4, -0.2) is 42.3 Å². The lowest BCUT2D eigenvalue weighted by Crippen LogP contribution is -2.51. The number of halogens is 1. The zero-order chi connectivity index (χ0) is 20.3. The van der Waals surface area contributed by atoms with Crippen LogP contribution in [0, 0.1) is 0 Å². The van der Waals surface area contributed by atoms with Crippen molar-refractivity contribution in [1.82, 2.24) is 10.2 Å². The van der Waals surface area contributed by atoms with Crippen molar-refractivity contribution in [2.75, 3.05) is 25.9 Å². The highest BCUT2D eigenvalue weighted by molar-refractivity contribution is 7.99. The van der Waals surface area contributed by atoms with E-state index in [2.05, 4.69) is 23.3 Å². The third-order valence-corrected chi connectivity index (χ3v) is 7.37. The highest BCUT2D eigenvalue weighted by Crippen LogP contribution is 2.44. The summed E-state index contributed by atoms with van der Waals surface area (Å²) in [5, 5.41) is 4.02. The van der Waals surface area contributed by atoms with Gasteiger partial charge in [0.2, 0.25) is 5.91 Å². The molecule has 1 amide bonds. The molecule has 1 N–H and O–H groups in total. The molecule has 29 heavy (non-hydrogen) atoms. The van der Waals surface area contributed by atoms with Gasteiger partial charge < -0.3 is 15.0 Å². The van der Waals surface area contributed by atoms with Crippen LogP contribution in [0.4, 0.5) is 0 Å². The number of rotatable bonds is 5. The van der Waals surface area contributed by atoms with Gasteiger partial charge in [0.05, 0.1) is 11.1 Å². The SMILES string of the molecule is CN1CCC2(CC1)CC(NC(=O)CCSc1ccccc1Cl)c1ccccc1O2. The van der Waals surface area contributed by atoms with Gasteiger partial charge in [-0.1, -0.05) is 41.9 Å². The van der Waals surface area contributed by atoms with Gasteiger partial charge >= 0.3 is 0 Å². The van der Waals surface area contributed by atoms with Gasteiger partial charge in [0, 0.05) is 42.1 Å². The second-order valence-corrected chi connectivity index (χ2v) is 9.52. The van der Waals surface area contributed by atoms with Gasteiger partial charge in [-0.3, -0.25) is 4.79 Å². The Kier molecular flexibility index (Phi) is 6.38. The zero-order valence-electron chi connectivity index (χ0n) is 16.7. The molecule has 4 nitrogen and oxygen atoms in total. The van der Waals surface area contributed by atoms with E-state index in [1.165, 1.54) is 0 Å². The Labute approximate surface area is 182 Å². The van der Waals surface area contributed by atoms with Crippen LogP contribution in [0.15, 0.2) is 53.4 Å². The number of carbonyl (C=O) groups excluding carboxylic acids is 1. The Bertz CT molecular complexity index is 867. The number of nitrogens with one attached hydrogen (secondary N) is 1. The number of hydrogen-bond acceptors (Lipinski definition) is 4. The van der Waals surface area contributed by atoms with E-state index in [4.69, 9.17) is 16.3 Å². The van der Waals surface area contributed by atoms with E-state index in [0.29, 0.717) is 12.2 Å². The average Bonchev–Trinajstić information content (AvgIpc) is 2.72. The maximum Gasteiger partial charge on any atom is 0.221 e. The van der Waals surface area contributed by atoms with Crippen LogP contribution < -0.4 is 10.1 Å². The Morgan fingerprint density at radius 1 is 1.21 bits per heavy atom. The van der Waals surface area contributed by atoms with Crippen molar-refractivity contribution >= 4 is 29.3 Å². The molecule has 6 heteroatoms. The summed E-state index contributed by atoms with van der Waals surface area (Å²) in [6.45, 7) is 2.05. The maximum absolute atomic E-state index is 12.7. The molecule has 2 aliphatic heterocycles. The third kappa shape index (κ3) is 4.90. The number of benzene rings is 2. The molecule has 1 spiro atoms. The van der Waals surface area contributed by atoms with Crippen molar-refractivity contribution in [2.24, 2.45) is 0 Å². The molecule has 4 rings (SSSR count). The van der Waals surface area contributed by atoms with Gasteiger partial charge in [-0.25, -0.2) is 0 Å². The van der Waals surface area contributed by atoms with Crippen molar-refractivity contribution in [3.8, 4) is 5.75 Å². The molecular formula is C23H27ClN2O2S. The first-order valence-corrected chi connectivity index (χ1v) is 11.5. The molecule has 0 radical (unpaired) electrons. The van der Waals surface area contributed by atoms with E-state index < -0.39 is 0 Å². The summed E-state index contributed by atoms with van der Waals surface area (Å²) in [6, 6.07) is 15.9. The smallest absolute Gasteiger partial charge is 0.221 e. The summed E-state index contributed by atoms with van der Waals surface area (Å²) in [5.41, 5.74) is 0.912. The Morgan fingerprint density at radius 3 is 2.72 bits per heavy atom. The molecule has 2 aliphatic rings. The van der Waals surface area contributed by atoms with Crippen LogP contribution in [-0.2, 0) is 4.79 Å². The van der Waals surface area contributed by atoms with Gasteiger partial charge in [0.1, 0.15) is 11.4 Å². The molecule has 2 heterocycles. The first-order chi connectivity index (χ1) is 14.0. The van der Waals surface area contributed by atoms with E-state index in [-0.39, 0.29) is 17.6 Å². The minimum absolute atomic E-state index is 0.00108. The number of thioether (sulfide) groups is 1. The number of piperidine rings is 1. The molecule has 1 fully saturated rings. The molecule has 1 unspecified atom stereocenters. The number of nitrogens with zero attached hydrogens (tertiary/aromatic N) is 1. The van der Waals surface area contributed by atoms with E-state index >= 15 is 0 Å². The van der Waals surface area contributed by atoms with E-state index in [1.54, 1.807) is 11.8 Å². The second-order valence-electron chi connectivity index (χ2n) is 7.98. The quantitative estimate of drug-likeness (QED) is 0.683. The number of hydrogen-bond donors (Lipinski definition) is 1. The predicted molar refractivity (Wildman–Crippen MR) is 119 cm³/mol. The highest BCUT2D eigenvalue weighted by Gasteiger charge is 2.43. The molecule has 1 saturated heterocycles. The minimum Gasteiger partial charge on any atom is -0.487 e. The van der Waals surface area contributed by atoms with Crippen LogP contribution in [0.5, 0.6) is 5.75 Å². The van der Waals surface area contributed by atoms with E-state index in [1.807, 2.05) is 42.5 Å².